The van der Waals surface area contributed by atoms with Crippen LogP contribution in [0, 0.1) is 11.7 Å². The number of halogens is 1. The molecule has 4 atom stereocenters. The van der Waals surface area contributed by atoms with Gasteiger partial charge in [0.1, 0.15) is 11.3 Å². The number of thioether (sulfide) groups is 1. The number of hydrogen-bond acceptors (Lipinski definition) is 4. The molecule has 4 unspecified atom stereocenters. The van der Waals surface area contributed by atoms with Gasteiger partial charge in [0, 0.05) is 11.7 Å². The van der Waals surface area contributed by atoms with E-state index >= 15 is 0 Å². The van der Waals surface area contributed by atoms with E-state index in [0.29, 0.717) is 5.69 Å². The average molecular weight is 351 g/mol. The largest absolute Gasteiger partial charge is 0.331 e. The third-order valence-electron chi connectivity index (χ3n) is 4.56. The summed E-state index contributed by atoms with van der Waals surface area (Å²) in [5, 5.41) is 8.81. The van der Waals surface area contributed by atoms with Crippen molar-refractivity contribution >= 4 is 29.3 Å². The van der Waals surface area contributed by atoms with Gasteiger partial charge < -0.3 is 10.6 Å². The van der Waals surface area contributed by atoms with Crippen molar-refractivity contribution in [2.45, 2.75) is 49.4 Å². The number of rotatable bonds is 4. The summed E-state index contributed by atoms with van der Waals surface area (Å²) >= 11 is 1.38. The molecule has 0 spiro atoms. The van der Waals surface area contributed by atoms with Gasteiger partial charge in [-0.25, -0.2) is 4.39 Å². The Bertz CT molecular complexity index is 610. The molecule has 7 heteroatoms. The molecule has 2 fully saturated rings. The van der Waals surface area contributed by atoms with E-state index in [4.69, 9.17) is 0 Å². The fourth-order valence-electron chi connectivity index (χ4n) is 3.23. The Hall–Kier alpha value is -1.60. The Morgan fingerprint density at radius 3 is 2.75 bits per heavy atom. The molecule has 130 valence electrons. The van der Waals surface area contributed by atoms with Crippen LogP contribution in [0.4, 0.5) is 10.1 Å². The summed E-state index contributed by atoms with van der Waals surface area (Å²) in [5.41, 5.74) is 0.299. The molecule has 1 saturated heterocycles. The Kier molecular flexibility index (Phi) is 5.40. The molecule has 5 nitrogen and oxygen atoms in total. The van der Waals surface area contributed by atoms with E-state index in [0.717, 1.165) is 25.7 Å². The van der Waals surface area contributed by atoms with Gasteiger partial charge >= 0.3 is 0 Å². The Balaban J connectivity index is 1.54. The van der Waals surface area contributed by atoms with Crippen molar-refractivity contribution < 1.29 is 14.0 Å². The van der Waals surface area contributed by atoms with Crippen molar-refractivity contribution in [3.05, 3.63) is 30.1 Å². The van der Waals surface area contributed by atoms with Gasteiger partial charge in [-0.1, -0.05) is 12.8 Å². The fraction of sp³-hybridized carbons (Fsp3) is 0.529. The molecule has 2 amide bonds. The van der Waals surface area contributed by atoms with Crippen LogP contribution >= 0.6 is 11.8 Å². The maximum atomic E-state index is 12.9. The minimum absolute atomic E-state index is 0.0546. The number of anilines is 1. The van der Waals surface area contributed by atoms with Gasteiger partial charge in [0.15, 0.2) is 0 Å². The minimum atomic E-state index is -0.354. The van der Waals surface area contributed by atoms with Crippen molar-refractivity contribution in [2.75, 3.05) is 5.32 Å². The van der Waals surface area contributed by atoms with Crippen LogP contribution in [0.3, 0.4) is 0 Å². The molecule has 3 rings (SSSR count). The third-order valence-corrected chi connectivity index (χ3v) is 5.71. The highest BCUT2D eigenvalue weighted by Gasteiger charge is 2.38. The van der Waals surface area contributed by atoms with Crippen molar-refractivity contribution in [3.8, 4) is 0 Å². The summed E-state index contributed by atoms with van der Waals surface area (Å²) < 4.78 is 12.9. The number of hydrogen-bond donors (Lipinski definition) is 3. The molecular weight excluding hydrogens is 329 g/mol. The first-order valence-corrected chi connectivity index (χ1v) is 9.25. The summed E-state index contributed by atoms with van der Waals surface area (Å²) in [6.45, 7) is 1.80. The first-order chi connectivity index (χ1) is 11.5. The topological polar surface area (TPSA) is 70.2 Å². The van der Waals surface area contributed by atoms with Gasteiger partial charge in [0.2, 0.25) is 11.8 Å². The van der Waals surface area contributed by atoms with Crippen molar-refractivity contribution in [1.29, 1.82) is 0 Å². The smallest absolute Gasteiger partial charge is 0.237 e. The maximum absolute atomic E-state index is 12.9. The number of benzene rings is 1. The van der Waals surface area contributed by atoms with Gasteiger partial charge in [0.05, 0.1) is 11.2 Å². The van der Waals surface area contributed by atoms with Crippen LogP contribution in [0.5, 0.6) is 0 Å². The molecule has 1 aromatic carbocycles. The van der Waals surface area contributed by atoms with Crippen LogP contribution in [0.1, 0.15) is 32.6 Å². The zero-order chi connectivity index (χ0) is 17.1. The first-order valence-electron chi connectivity index (χ1n) is 8.31. The lowest BCUT2D eigenvalue weighted by atomic mass is 9.83. The lowest BCUT2D eigenvalue weighted by Crippen LogP contribution is -2.61. The molecule has 1 heterocycles. The summed E-state index contributed by atoms with van der Waals surface area (Å²) in [5.74, 6) is -0.374. The standard InChI is InChI=1S/C17H22FN3O2S/c1-10(15(22)19-12-8-6-11(18)7-9-12)24-17-20-14-5-3-2-4-13(14)16(23)21-17/h6-10,13-14,17,20H,2-5H2,1H3,(H,19,22)(H,21,23). The Morgan fingerprint density at radius 1 is 1.29 bits per heavy atom. The van der Waals surface area contributed by atoms with Crippen molar-refractivity contribution in [2.24, 2.45) is 5.92 Å². The van der Waals surface area contributed by atoms with E-state index in [1.165, 1.54) is 36.0 Å². The monoisotopic (exact) mass is 351 g/mol. The van der Waals surface area contributed by atoms with E-state index in [-0.39, 0.29) is 40.3 Å². The lowest BCUT2D eigenvalue weighted by Gasteiger charge is -2.40. The number of fused-ring (bicyclic) bond motifs is 1. The Morgan fingerprint density at radius 2 is 2.00 bits per heavy atom. The van der Waals surface area contributed by atoms with Crippen molar-refractivity contribution in [1.82, 2.24) is 10.6 Å². The maximum Gasteiger partial charge on any atom is 0.237 e. The predicted molar refractivity (Wildman–Crippen MR) is 92.9 cm³/mol. The summed E-state index contributed by atoms with van der Waals surface area (Å²) in [6, 6.07) is 5.87. The van der Waals surface area contributed by atoms with Gasteiger partial charge in [0.25, 0.3) is 0 Å². The second kappa shape index (κ2) is 7.53. The quantitative estimate of drug-likeness (QED) is 0.779. The molecule has 1 aromatic rings. The van der Waals surface area contributed by atoms with E-state index in [1.807, 2.05) is 0 Å². The highest BCUT2D eigenvalue weighted by atomic mass is 32.2. The molecule has 1 aliphatic carbocycles. The van der Waals surface area contributed by atoms with Crippen LogP contribution in [0.25, 0.3) is 0 Å². The van der Waals surface area contributed by atoms with Crippen LogP contribution in [0.2, 0.25) is 0 Å². The molecule has 1 saturated carbocycles. The zero-order valence-electron chi connectivity index (χ0n) is 13.5. The number of carbonyl (C=O) groups is 2. The lowest BCUT2D eigenvalue weighted by molar-refractivity contribution is -0.129. The molecule has 0 bridgehead atoms. The molecule has 0 aromatic heterocycles. The van der Waals surface area contributed by atoms with E-state index < -0.39 is 0 Å². The van der Waals surface area contributed by atoms with Crippen LogP contribution in [-0.2, 0) is 9.59 Å². The molecular formula is C17H22FN3O2S. The molecule has 1 aliphatic heterocycles. The van der Waals surface area contributed by atoms with E-state index in [1.54, 1.807) is 6.92 Å². The average Bonchev–Trinajstić information content (AvgIpc) is 2.57. The molecule has 3 N–H and O–H groups in total. The zero-order valence-corrected chi connectivity index (χ0v) is 14.4. The third kappa shape index (κ3) is 4.08. The first kappa shape index (κ1) is 17.2. The van der Waals surface area contributed by atoms with Gasteiger partial charge in [-0.2, -0.15) is 0 Å². The fourth-order valence-corrected chi connectivity index (χ4v) is 4.26. The normalized spacial score (nSPS) is 27.8. The van der Waals surface area contributed by atoms with Gasteiger partial charge in [-0.05, 0) is 44.0 Å². The predicted octanol–water partition coefficient (Wildman–Crippen LogP) is 2.45. The van der Waals surface area contributed by atoms with Crippen LogP contribution < -0.4 is 16.0 Å². The van der Waals surface area contributed by atoms with Gasteiger partial charge in [-0.3, -0.25) is 14.9 Å². The van der Waals surface area contributed by atoms with E-state index in [9.17, 15) is 14.0 Å². The Labute approximate surface area is 145 Å². The molecule has 2 aliphatic rings. The van der Waals surface area contributed by atoms with Gasteiger partial charge in [-0.15, -0.1) is 11.8 Å². The number of carbonyl (C=O) groups excluding carboxylic acids is 2. The van der Waals surface area contributed by atoms with Crippen molar-refractivity contribution in [3.63, 3.8) is 0 Å². The SMILES string of the molecule is CC(SC1NC(=O)C2CCCCC2N1)C(=O)Nc1ccc(F)cc1. The second-order valence-corrected chi connectivity index (χ2v) is 7.78. The summed E-state index contributed by atoms with van der Waals surface area (Å²) in [7, 11) is 0. The number of nitrogens with one attached hydrogen (secondary N) is 3. The van der Waals surface area contributed by atoms with Crippen LogP contribution in [-0.4, -0.2) is 28.6 Å². The van der Waals surface area contributed by atoms with Crippen LogP contribution in [0.15, 0.2) is 24.3 Å². The molecule has 24 heavy (non-hydrogen) atoms. The minimum Gasteiger partial charge on any atom is -0.331 e. The summed E-state index contributed by atoms with van der Waals surface area (Å²) in [6.07, 6.45) is 4.18. The number of amides is 2. The highest BCUT2D eigenvalue weighted by molar-refractivity contribution is 8.01. The van der Waals surface area contributed by atoms with E-state index in [2.05, 4.69) is 16.0 Å². The summed E-state index contributed by atoms with van der Waals surface area (Å²) in [4.78, 5) is 24.5. The highest BCUT2D eigenvalue weighted by Crippen LogP contribution is 2.30. The molecule has 0 radical (unpaired) electrons. The second-order valence-electron chi connectivity index (χ2n) is 6.33.